The van der Waals surface area contributed by atoms with Crippen LogP contribution in [-0.4, -0.2) is 37.0 Å². The Morgan fingerprint density at radius 1 is 0.476 bits per heavy atom. The summed E-state index contributed by atoms with van der Waals surface area (Å²) in [5.41, 5.74) is 0. The number of carbonyl (C=O) groups excluding carboxylic acids is 1. The molecule has 0 aliphatic heterocycles. The fourth-order valence-electron chi connectivity index (χ4n) is 5.80. The van der Waals surface area contributed by atoms with Crippen molar-refractivity contribution in [1.29, 1.82) is 0 Å². The van der Waals surface area contributed by atoms with Crippen molar-refractivity contribution in [2.75, 3.05) is 19.8 Å². The molecule has 0 heterocycles. The average molecular weight is 597 g/mol. The molecule has 0 spiro atoms. The monoisotopic (exact) mass is 597 g/mol. The predicted molar refractivity (Wildman–Crippen MR) is 182 cm³/mol. The summed E-state index contributed by atoms with van der Waals surface area (Å²) in [6.45, 7) is 5.38. The first-order valence-electron chi connectivity index (χ1n) is 19.1. The second-order valence-electron chi connectivity index (χ2n) is 13.0. The first-order chi connectivity index (χ1) is 20.7. The smallest absolute Gasteiger partial charge is 0.306 e. The molecule has 0 rings (SSSR count). The minimum Gasteiger partial charge on any atom is -0.457 e. The first kappa shape index (κ1) is 41.4. The van der Waals surface area contributed by atoms with Crippen LogP contribution in [0.4, 0.5) is 0 Å². The Bertz CT molecular complexity index is 509. The third-order valence-corrected chi connectivity index (χ3v) is 8.68. The minimum atomic E-state index is -0.523. The van der Waals surface area contributed by atoms with Gasteiger partial charge in [0, 0.05) is 13.0 Å². The molecule has 4 nitrogen and oxygen atoms in total. The minimum absolute atomic E-state index is 0.164. The molecule has 0 fully saturated rings. The largest absolute Gasteiger partial charge is 0.457 e. The van der Waals surface area contributed by atoms with Crippen LogP contribution in [0.2, 0.25) is 0 Å². The third kappa shape index (κ3) is 33.9. The van der Waals surface area contributed by atoms with E-state index in [9.17, 15) is 9.90 Å². The summed E-state index contributed by atoms with van der Waals surface area (Å²) in [5.74, 6) is -0.195. The highest BCUT2D eigenvalue weighted by Crippen LogP contribution is 2.15. The highest BCUT2D eigenvalue weighted by atomic mass is 16.6. The van der Waals surface area contributed by atoms with Gasteiger partial charge in [-0.05, 0) is 12.8 Å². The van der Waals surface area contributed by atoms with Crippen LogP contribution in [-0.2, 0) is 14.3 Å². The lowest BCUT2D eigenvalue weighted by atomic mass is 10.0. The Kier molecular flexibility index (Phi) is 36.0. The van der Waals surface area contributed by atoms with Crippen molar-refractivity contribution in [1.82, 2.24) is 0 Å². The number of hydrogen-bond acceptors (Lipinski definition) is 4. The molecule has 1 N–H and O–H groups in total. The normalized spacial score (nSPS) is 12.2. The standard InChI is InChI=1S/C38H76O4/c1-3-5-7-9-11-13-15-16-17-18-19-20-21-22-23-25-27-29-31-33-38(40)42-37(35-39)36-41-34-32-30-28-26-24-14-12-10-8-6-4-2/h37,39H,3-36H2,1-2H3. The zero-order chi connectivity index (χ0) is 30.6. The maximum absolute atomic E-state index is 12.1. The second kappa shape index (κ2) is 36.6. The van der Waals surface area contributed by atoms with Gasteiger partial charge in [0.25, 0.3) is 0 Å². The summed E-state index contributed by atoms with van der Waals surface area (Å²) in [6.07, 6.45) is 40.0. The third-order valence-electron chi connectivity index (χ3n) is 8.68. The number of unbranched alkanes of at least 4 members (excludes halogenated alkanes) is 28. The molecular weight excluding hydrogens is 520 g/mol. The number of rotatable bonds is 36. The van der Waals surface area contributed by atoms with Gasteiger partial charge in [-0.2, -0.15) is 0 Å². The van der Waals surface area contributed by atoms with Gasteiger partial charge in [0.1, 0.15) is 6.10 Å². The highest BCUT2D eigenvalue weighted by Gasteiger charge is 2.13. The quantitative estimate of drug-likeness (QED) is 0.0577. The van der Waals surface area contributed by atoms with Gasteiger partial charge < -0.3 is 14.6 Å². The molecule has 0 bridgehead atoms. The van der Waals surface area contributed by atoms with Gasteiger partial charge in [-0.1, -0.05) is 194 Å². The topological polar surface area (TPSA) is 55.8 Å². The van der Waals surface area contributed by atoms with Crippen molar-refractivity contribution in [3.63, 3.8) is 0 Å². The Morgan fingerprint density at radius 3 is 1.12 bits per heavy atom. The molecule has 0 aliphatic carbocycles. The van der Waals surface area contributed by atoms with Gasteiger partial charge in [0.05, 0.1) is 13.2 Å². The molecule has 4 heteroatoms. The maximum atomic E-state index is 12.1. The Labute approximate surface area is 263 Å². The van der Waals surface area contributed by atoms with Crippen LogP contribution in [0.5, 0.6) is 0 Å². The van der Waals surface area contributed by atoms with Crippen molar-refractivity contribution < 1.29 is 19.4 Å². The summed E-state index contributed by atoms with van der Waals surface area (Å²) in [4.78, 5) is 12.1. The summed E-state index contributed by atoms with van der Waals surface area (Å²) in [6, 6.07) is 0. The van der Waals surface area contributed by atoms with Crippen molar-refractivity contribution in [2.24, 2.45) is 0 Å². The van der Waals surface area contributed by atoms with E-state index in [1.54, 1.807) is 0 Å². The Balaban J connectivity index is 3.36. The lowest BCUT2D eigenvalue weighted by Crippen LogP contribution is -2.27. The molecule has 1 atom stereocenters. The van der Waals surface area contributed by atoms with Gasteiger partial charge in [0.15, 0.2) is 0 Å². The van der Waals surface area contributed by atoms with Gasteiger partial charge in [-0.15, -0.1) is 0 Å². The number of aliphatic hydroxyl groups is 1. The van der Waals surface area contributed by atoms with Crippen molar-refractivity contribution in [2.45, 2.75) is 219 Å². The molecule has 1 unspecified atom stereocenters. The van der Waals surface area contributed by atoms with Crippen LogP contribution in [0.1, 0.15) is 213 Å². The van der Waals surface area contributed by atoms with E-state index >= 15 is 0 Å². The van der Waals surface area contributed by atoms with E-state index < -0.39 is 6.10 Å². The number of ether oxygens (including phenoxy) is 2. The van der Waals surface area contributed by atoms with Crippen LogP contribution in [0.3, 0.4) is 0 Å². The van der Waals surface area contributed by atoms with Crippen LogP contribution in [0.15, 0.2) is 0 Å². The SMILES string of the molecule is CCCCCCCCCCCCCCCCCCCCCC(=O)OC(CO)COCCCCCCCCCCCCC. The molecule has 0 amide bonds. The summed E-state index contributed by atoms with van der Waals surface area (Å²) < 4.78 is 11.1. The molecule has 0 aromatic heterocycles. The van der Waals surface area contributed by atoms with E-state index in [4.69, 9.17) is 9.47 Å². The summed E-state index contributed by atoms with van der Waals surface area (Å²) >= 11 is 0. The van der Waals surface area contributed by atoms with Crippen LogP contribution < -0.4 is 0 Å². The Morgan fingerprint density at radius 2 is 0.786 bits per heavy atom. The molecule has 0 aliphatic rings. The van der Waals surface area contributed by atoms with Gasteiger partial charge >= 0.3 is 5.97 Å². The van der Waals surface area contributed by atoms with E-state index in [2.05, 4.69) is 13.8 Å². The van der Waals surface area contributed by atoms with E-state index in [1.807, 2.05) is 0 Å². The maximum Gasteiger partial charge on any atom is 0.306 e. The van der Waals surface area contributed by atoms with Gasteiger partial charge in [-0.25, -0.2) is 0 Å². The van der Waals surface area contributed by atoms with Crippen molar-refractivity contribution in [3.05, 3.63) is 0 Å². The average Bonchev–Trinajstić information content (AvgIpc) is 3.00. The number of esters is 1. The molecule has 252 valence electrons. The molecule has 0 aromatic carbocycles. The zero-order valence-corrected chi connectivity index (χ0v) is 28.8. The molecular formula is C38H76O4. The van der Waals surface area contributed by atoms with Crippen LogP contribution >= 0.6 is 0 Å². The highest BCUT2D eigenvalue weighted by molar-refractivity contribution is 5.69. The Hall–Kier alpha value is -0.610. The fraction of sp³-hybridized carbons (Fsp3) is 0.974. The van der Waals surface area contributed by atoms with Crippen LogP contribution in [0, 0.1) is 0 Å². The first-order valence-corrected chi connectivity index (χ1v) is 19.1. The van der Waals surface area contributed by atoms with Crippen molar-refractivity contribution in [3.8, 4) is 0 Å². The van der Waals surface area contributed by atoms with E-state index in [1.165, 1.54) is 173 Å². The van der Waals surface area contributed by atoms with E-state index in [-0.39, 0.29) is 12.6 Å². The summed E-state index contributed by atoms with van der Waals surface area (Å²) in [5, 5.41) is 9.54. The predicted octanol–water partition coefficient (Wildman–Crippen LogP) is 12.0. The molecule has 0 radical (unpaired) electrons. The van der Waals surface area contributed by atoms with Gasteiger partial charge in [0.2, 0.25) is 0 Å². The van der Waals surface area contributed by atoms with E-state index in [0.29, 0.717) is 19.6 Å². The fourth-order valence-corrected chi connectivity index (χ4v) is 5.80. The number of hydrogen-bond donors (Lipinski definition) is 1. The molecule has 0 aromatic rings. The molecule has 42 heavy (non-hydrogen) atoms. The van der Waals surface area contributed by atoms with Gasteiger partial charge in [-0.3, -0.25) is 4.79 Å². The van der Waals surface area contributed by atoms with Crippen molar-refractivity contribution >= 4 is 5.97 Å². The van der Waals surface area contributed by atoms with E-state index in [0.717, 1.165) is 19.3 Å². The molecule has 0 saturated heterocycles. The zero-order valence-electron chi connectivity index (χ0n) is 28.8. The second-order valence-corrected chi connectivity index (χ2v) is 13.0. The lowest BCUT2D eigenvalue weighted by Gasteiger charge is -2.16. The summed E-state index contributed by atoms with van der Waals surface area (Å²) in [7, 11) is 0. The number of carbonyl (C=O) groups is 1. The lowest BCUT2D eigenvalue weighted by molar-refractivity contribution is -0.154. The number of aliphatic hydroxyl groups excluding tert-OH is 1. The molecule has 0 saturated carbocycles. The van der Waals surface area contributed by atoms with Crippen LogP contribution in [0.25, 0.3) is 0 Å².